The number of aliphatic hydroxyl groups is 1. The molecule has 64 valence electrons. The molecule has 0 aromatic rings. The third-order valence-corrected chi connectivity index (χ3v) is 1.39. The van der Waals surface area contributed by atoms with Crippen molar-refractivity contribution in [3.63, 3.8) is 0 Å². The number of hydrogen-bond acceptors (Lipinski definition) is 2. The van der Waals surface area contributed by atoms with E-state index >= 15 is 0 Å². The summed E-state index contributed by atoms with van der Waals surface area (Å²) >= 11 is 15.6. The summed E-state index contributed by atoms with van der Waals surface area (Å²) in [6.45, 7) is 3.14. The second kappa shape index (κ2) is 4.16. The van der Waals surface area contributed by atoms with E-state index in [0.717, 1.165) is 6.08 Å². The van der Waals surface area contributed by atoms with Gasteiger partial charge in [0.05, 0.1) is 0 Å². The Morgan fingerprint density at radius 1 is 1.64 bits per heavy atom. The Balaban J connectivity index is 3.97. The molecule has 6 heteroatoms. The predicted molar refractivity (Wildman–Crippen MR) is 44.6 cm³/mol. The smallest absolute Gasteiger partial charge is 0.245 e. The monoisotopic (exact) mass is 217 g/mol. The third-order valence-electron chi connectivity index (χ3n) is 0.774. The lowest BCUT2D eigenvalue weighted by molar-refractivity contribution is -0.119. The van der Waals surface area contributed by atoms with Gasteiger partial charge in [-0.1, -0.05) is 41.4 Å². The van der Waals surface area contributed by atoms with Gasteiger partial charge in [0, 0.05) is 0 Å². The van der Waals surface area contributed by atoms with E-state index in [1.165, 1.54) is 0 Å². The molecule has 0 rings (SSSR count). The van der Waals surface area contributed by atoms with Crippen LogP contribution >= 0.6 is 34.8 Å². The Morgan fingerprint density at radius 2 is 2.09 bits per heavy atom. The average Bonchev–Trinajstić information content (AvgIpc) is 1.85. The summed E-state index contributed by atoms with van der Waals surface area (Å²) in [5.74, 6) is -0.608. The molecule has 1 amide bonds. The summed E-state index contributed by atoms with van der Waals surface area (Å²) in [5, 5.41) is 10.9. The Bertz CT molecular complexity index is 166. The molecule has 3 nitrogen and oxygen atoms in total. The summed E-state index contributed by atoms with van der Waals surface area (Å²) < 4.78 is -1.92. The highest BCUT2D eigenvalue weighted by Gasteiger charge is 2.31. The van der Waals surface area contributed by atoms with Gasteiger partial charge >= 0.3 is 0 Å². The number of hydrogen-bond donors (Lipinski definition) is 2. The molecule has 0 spiro atoms. The topological polar surface area (TPSA) is 49.3 Å². The maximum absolute atomic E-state index is 10.5. The lowest BCUT2D eigenvalue weighted by Crippen LogP contribution is -2.42. The molecule has 0 aromatic heterocycles. The second-order valence-corrected chi connectivity index (χ2v) is 4.03. The Kier molecular flexibility index (Phi) is 4.18. The van der Waals surface area contributed by atoms with Gasteiger partial charge in [0.15, 0.2) is 6.23 Å². The van der Waals surface area contributed by atoms with Crippen LogP contribution in [0.4, 0.5) is 0 Å². The van der Waals surface area contributed by atoms with E-state index in [2.05, 4.69) is 6.58 Å². The van der Waals surface area contributed by atoms with Gasteiger partial charge in [-0.15, -0.1) is 0 Å². The van der Waals surface area contributed by atoms with Gasteiger partial charge in [-0.2, -0.15) is 0 Å². The van der Waals surface area contributed by atoms with E-state index in [0.29, 0.717) is 0 Å². The summed E-state index contributed by atoms with van der Waals surface area (Å²) in [6.07, 6.45) is -0.572. The molecule has 0 fully saturated rings. The number of aliphatic hydroxyl groups excluding tert-OH is 1. The highest BCUT2D eigenvalue weighted by Crippen LogP contribution is 2.28. The molecule has 0 unspecified atom stereocenters. The van der Waals surface area contributed by atoms with Crippen molar-refractivity contribution in [2.24, 2.45) is 0 Å². The van der Waals surface area contributed by atoms with E-state index in [4.69, 9.17) is 39.9 Å². The molecule has 0 saturated carbocycles. The van der Waals surface area contributed by atoms with Crippen LogP contribution in [0.15, 0.2) is 12.7 Å². The van der Waals surface area contributed by atoms with Crippen LogP contribution in [0, 0.1) is 0 Å². The van der Waals surface area contributed by atoms with Crippen LogP contribution in [0.3, 0.4) is 0 Å². The molecule has 0 aliphatic rings. The van der Waals surface area contributed by atoms with Crippen LogP contribution in [0.1, 0.15) is 0 Å². The number of carbonyl (C=O) groups excluding carboxylic acids is 1. The van der Waals surface area contributed by atoms with E-state index in [1.54, 1.807) is 0 Å². The Hall–Kier alpha value is 0.0400. The minimum atomic E-state index is -1.92. The lowest BCUT2D eigenvalue weighted by atomic mass is 10.5. The largest absolute Gasteiger partial charge is 0.369 e. The highest BCUT2D eigenvalue weighted by atomic mass is 35.6. The number of alkyl halides is 3. The summed E-state index contributed by atoms with van der Waals surface area (Å²) in [4.78, 5) is 10.5. The molecule has 0 heterocycles. The summed E-state index contributed by atoms with van der Waals surface area (Å²) in [5.41, 5.74) is 0. The quantitative estimate of drug-likeness (QED) is 0.412. The molecule has 0 aromatic carbocycles. The minimum Gasteiger partial charge on any atom is -0.369 e. The van der Waals surface area contributed by atoms with Gasteiger partial charge in [0.25, 0.3) is 0 Å². The van der Waals surface area contributed by atoms with Crippen LogP contribution in [-0.2, 0) is 4.79 Å². The van der Waals surface area contributed by atoms with Crippen molar-refractivity contribution in [2.75, 3.05) is 0 Å². The fourth-order valence-electron chi connectivity index (χ4n) is 0.276. The van der Waals surface area contributed by atoms with Gasteiger partial charge < -0.3 is 10.4 Å². The van der Waals surface area contributed by atoms with Crippen molar-refractivity contribution in [1.82, 2.24) is 5.32 Å². The number of amides is 1. The molecule has 0 radical (unpaired) electrons. The van der Waals surface area contributed by atoms with Crippen LogP contribution < -0.4 is 5.32 Å². The number of rotatable bonds is 2. The molecule has 0 aliphatic carbocycles. The molecular formula is C5H6Cl3NO2. The Morgan fingerprint density at radius 3 is 2.36 bits per heavy atom. The van der Waals surface area contributed by atoms with Crippen LogP contribution in [-0.4, -0.2) is 21.0 Å². The molecule has 11 heavy (non-hydrogen) atoms. The standard InChI is InChI=1S/C5H6Cl3NO2/c1-2-3(10)9-4(11)5(6,7)8/h2,4,11H,1H2,(H,9,10)/t4-/m1/s1. The zero-order chi connectivity index (χ0) is 9.07. The molecule has 0 bridgehead atoms. The summed E-state index contributed by atoms with van der Waals surface area (Å²) in [6, 6.07) is 0. The van der Waals surface area contributed by atoms with Gasteiger partial charge in [0.1, 0.15) is 0 Å². The molecule has 0 aliphatic heterocycles. The van der Waals surface area contributed by atoms with E-state index < -0.39 is 15.9 Å². The Labute approximate surface area is 78.9 Å². The molecule has 0 saturated heterocycles. The normalized spacial score (nSPS) is 13.8. The SMILES string of the molecule is C=CC(=O)N[C@H](O)C(Cl)(Cl)Cl. The van der Waals surface area contributed by atoms with Crippen molar-refractivity contribution in [3.05, 3.63) is 12.7 Å². The first-order valence-electron chi connectivity index (χ1n) is 2.55. The van der Waals surface area contributed by atoms with E-state index in [9.17, 15) is 4.79 Å². The molecular weight excluding hydrogens is 212 g/mol. The highest BCUT2D eigenvalue weighted by molar-refractivity contribution is 6.68. The van der Waals surface area contributed by atoms with Gasteiger partial charge in [0.2, 0.25) is 9.70 Å². The molecule has 2 N–H and O–H groups in total. The van der Waals surface area contributed by atoms with Crippen LogP contribution in [0.5, 0.6) is 0 Å². The zero-order valence-corrected chi connectivity index (χ0v) is 7.62. The van der Waals surface area contributed by atoms with Crippen molar-refractivity contribution in [2.45, 2.75) is 10.0 Å². The fraction of sp³-hybridized carbons (Fsp3) is 0.400. The van der Waals surface area contributed by atoms with E-state index in [-0.39, 0.29) is 0 Å². The number of carbonyl (C=O) groups is 1. The first-order valence-corrected chi connectivity index (χ1v) is 3.69. The van der Waals surface area contributed by atoms with Crippen molar-refractivity contribution >= 4 is 40.7 Å². The van der Waals surface area contributed by atoms with Gasteiger partial charge in [-0.05, 0) is 6.08 Å². The maximum atomic E-state index is 10.5. The minimum absolute atomic E-state index is 0.608. The van der Waals surface area contributed by atoms with Crippen molar-refractivity contribution in [3.8, 4) is 0 Å². The predicted octanol–water partition coefficient (Wildman–Crippen LogP) is 0.977. The summed E-state index contributed by atoms with van der Waals surface area (Å²) in [7, 11) is 0. The molecule has 1 atom stereocenters. The van der Waals surface area contributed by atoms with Gasteiger partial charge in [-0.25, -0.2) is 0 Å². The second-order valence-electron chi connectivity index (χ2n) is 1.66. The van der Waals surface area contributed by atoms with E-state index in [1.807, 2.05) is 5.32 Å². The number of halogens is 3. The third kappa shape index (κ3) is 4.48. The first-order chi connectivity index (χ1) is 4.88. The average molecular weight is 218 g/mol. The van der Waals surface area contributed by atoms with Crippen molar-refractivity contribution < 1.29 is 9.90 Å². The number of nitrogens with one attached hydrogen (secondary N) is 1. The first kappa shape index (κ1) is 11.0. The van der Waals surface area contributed by atoms with Crippen molar-refractivity contribution in [1.29, 1.82) is 0 Å². The zero-order valence-electron chi connectivity index (χ0n) is 5.35. The lowest BCUT2D eigenvalue weighted by Gasteiger charge is -2.18. The van der Waals surface area contributed by atoms with Crippen LogP contribution in [0.2, 0.25) is 0 Å². The van der Waals surface area contributed by atoms with Crippen LogP contribution in [0.25, 0.3) is 0 Å². The maximum Gasteiger partial charge on any atom is 0.245 e. The van der Waals surface area contributed by atoms with Gasteiger partial charge in [-0.3, -0.25) is 4.79 Å². The fourth-order valence-corrected chi connectivity index (χ4v) is 0.439.